The van der Waals surface area contributed by atoms with Gasteiger partial charge in [-0.3, -0.25) is 24.2 Å². The minimum Gasteiger partial charge on any atom is -0.481 e. The van der Waals surface area contributed by atoms with E-state index in [4.69, 9.17) is 25.9 Å². The van der Waals surface area contributed by atoms with E-state index in [2.05, 4.69) is 79.2 Å². The molecular weight excluding hydrogens is 893 g/mol. The lowest BCUT2D eigenvalue weighted by molar-refractivity contribution is -0.137. The largest absolute Gasteiger partial charge is 0.481 e. The Bertz CT molecular complexity index is 2790. The van der Waals surface area contributed by atoms with Gasteiger partial charge in [0.05, 0.1) is 48.1 Å². The number of para-hydroxylation sites is 1. The van der Waals surface area contributed by atoms with Crippen molar-refractivity contribution < 1.29 is 29.0 Å². The van der Waals surface area contributed by atoms with Crippen molar-refractivity contribution in [1.82, 2.24) is 45.1 Å². The molecule has 2 atom stereocenters. The van der Waals surface area contributed by atoms with Crippen LogP contribution < -0.4 is 33.0 Å². The van der Waals surface area contributed by atoms with E-state index in [0.29, 0.717) is 81.2 Å². The summed E-state index contributed by atoms with van der Waals surface area (Å²) in [4.78, 5) is 74.1. The minimum absolute atomic E-state index is 0.0420. The fourth-order valence-electron chi connectivity index (χ4n) is 8.24. The molecule has 4 aromatic heterocycles. The summed E-state index contributed by atoms with van der Waals surface area (Å²) in [6.45, 7) is 15.9. The lowest BCUT2D eigenvalue weighted by atomic mass is 9.94. The summed E-state index contributed by atoms with van der Waals surface area (Å²) in [5.74, 6) is 0.227. The summed E-state index contributed by atoms with van der Waals surface area (Å²) >= 11 is 0. The molecule has 0 spiro atoms. The first kappa shape index (κ1) is 52.6. The fraction of sp³-hybridized carbons (Fsp3) is 0.510. The van der Waals surface area contributed by atoms with Crippen LogP contribution in [0.1, 0.15) is 121 Å². The van der Waals surface area contributed by atoms with Gasteiger partial charge >= 0.3 is 5.97 Å². The normalized spacial score (nSPS) is 12.9. The SMILES string of the molecule is CCCCc1nc2c(N)nc3ccccc3c2n1CC(C)(C)COCC(C)CCOC(C)(C)CCC(=O)NCCCC[C@@H](CC(=O)O)NC(=O)c1ccc(NCc2cnc3nc(N)[nH]c(=O)c3n2)cc1. The first-order valence-electron chi connectivity index (χ1n) is 24.3. The maximum absolute atomic E-state index is 13.1. The second-order valence-electron chi connectivity index (χ2n) is 19.6. The molecule has 0 aliphatic heterocycles. The summed E-state index contributed by atoms with van der Waals surface area (Å²) < 4.78 is 14.9. The fourth-order valence-corrected chi connectivity index (χ4v) is 8.24. The van der Waals surface area contributed by atoms with Crippen molar-refractivity contribution in [2.24, 2.45) is 11.3 Å². The molecule has 0 aliphatic carbocycles. The number of pyridine rings is 1. The molecule has 70 heavy (non-hydrogen) atoms. The Balaban J connectivity index is 0.853. The smallest absolute Gasteiger partial charge is 0.305 e. The maximum atomic E-state index is 13.1. The van der Waals surface area contributed by atoms with Crippen LogP contribution in [0.15, 0.2) is 59.5 Å². The van der Waals surface area contributed by atoms with Gasteiger partial charge in [0.1, 0.15) is 11.3 Å². The molecular formula is C51H70N12O7. The van der Waals surface area contributed by atoms with Crippen LogP contribution in [-0.4, -0.2) is 95.4 Å². The second kappa shape index (κ2) is 24.2. The van der Waals surface area contributed by atoms with Crippen molar-refractivity contribution in [3.63, 3.8) is 0 Å². The number of rotatable bonds is 28. The number of fused-ring (bicyclic) bond motifs is 4. The van der Waals surface area contributed by atoms with Crippen LogP contribution in [0.2, 0.25) is 0 Å². The number of aliphatic carboxylic acids is 1. The number of carboxylic acids is 1. The number of carboxylic acid groups (broad SMARTS) is 1. The van der Waals surface area contributed by atoms with Crippen LogP contribution in [-0.2, 0) is 38.6 Å². The number of amides is 2. The van der Waals surface area contributed by atoms with E-state index in [1.807, 2.05) is 32.0 Å². The van der Waals surface area contributed by atoms with Crippen LogP contribution in [0.5, 0.6) is 0 Å². The number of hydrogen-bond donors (Lipinski definition) is 7. The van der Waals surface area contributed by atoms with Crippen molar-refractivity contribution in [3.05, 3.63) is 82.2 Å². The van der Waals surface area contributed by atoms with E-state index in [9.17, 15) is 24.3 Å². The number of imidazole rings is 1. The highest BCUT2D eigenvalue weighted by Gasteiger charge is 2.26. The average molecular weight is 963 g/mol. The molecule has 4 heterocycles. The summed E-state index contributed by atoms with van der Waals surface area (Å²) in [6, 6.07) is 14.2. The Morgan fingerprint density at radius 1 is 0.943 bits per heavy atom. The highest BCUT2D eigenvalue weighted by Crippen LogP contribution is 2.32. The number of carbonyl (C=O) groups excluding carboxylic acids is 2. The molecule has 19 heteroatoms. The lowest BCUT2D eigenvalue weighted by Gasteiger charge is -2.28. The third-order valence-electron chi connectivity index (χ3n) is 12.1. The average Bonchev–Trinajstić information content (AvgIpc) is 3.66. The number of nitrogen functional groups attached to an aromatic ring is 2. The summed E-state index contributed by atoms with van der Waals surface area (Å²) in [5.41, 5.74) is 15.3. The number of aromatic amines is 1. The Hall–Kier alpha value is -6.73. The van der Waals surface area contributed by atoms with Crippen molar-refractivity contribution in [3.8, 4) is 0 Å². The maximum Gasteiger partial charge on any atom is 0.305 e. The van der Waals surface area contributed by atoms with Crippen molar-refractivity contribution in [2.75, 3.05) is 43.1 Å². The van der Waals surface area contributed by atoms with E-state index >= 15 is 0 Å². The molecule has 0 radical (unpaired) electrons. The van der Waals surface area contributed by atoms with E-state index in [1.54, 1.807) is 24.3 Å². The van der Waals surface area contributed by atoms with E-state index in [0.717, 1.165) is 60.0 Å². The number of ether oxygens (including phenoxy) is 2. The first-order valence-corrected chi connectivity index (χ1v) is 24.3. The summed E-state index contributed by atoms with van der Waals surface area (Å²) in [6.07, 6.45) is 7.58. The van der Waals surface area contributed by atoms with Gasteiger partial charge in [-0.2, -0.15) is 4.98 Å². The molecule has 1 unspecified atom stereocenters. The standard InChI is InChI=1S/C51H70N12O7/c1-7-8-16-39-60-42-44(37-14-9-10-15-38(37)59-45(42)52)63(39)30-50(3,4)31-69-29-32(2)22-25-70-51(5,6)23-21-40(64)54-24-12-11-13-35(26-41(65)66)58-47(67)33-17-19-34(20-18-33)55-27-36-28-56-46-43(57-36)48(68)62-49(53)61-46/h9-10,14-15,17-20,28,32,35,55H,7-8,11-13,16,21-27,29-31H2,1-6H3,(H2,52,59)(H,54,64)(H,58,67)(H,65,66)(H3,53,56,61,62,68)/t32?,35-/m0/s1. The van der Waals surface area contributed by atoms with Crippen molar-refractivity contribution >= 4 is 68.3 Å². The topological polar surface area (TPSA) is 280 Å². The number of carbonyl (C=O) groups is 3. The molecule has 0 bridgehead atoms. The molecule has 376 valence electrons. The number of hydrogen-bond acceptors (Lipinski definition) is 14. The number of unbranched alkanes of at least 4 members (excludes halogenated alkanes) is 2. The van der Waals surface area contributed by atoms with Crippen LogP contribution in [0.25, 0.3) is 33.1 Å². The van der Waals surface area contributed by atoms with Gasteiger partial charge in [-0.15, -0.1) is 0 Å². The van der Waals surface area contributed by atoms with Gasteiger partial charge in [-0.1, -0.05) is 52.3 Å². The predicted octanol–water partition coefficient (Wildman–Crippen LogP) is 6.93. The van der Waals surface area contributed by atoms with Crippen LogP contribution >= 0.6 is 0 Å². The number of anilines is 3. The molecule has 19 nitrogen and oxygen atoms in total. The number of benzene rings is 2. The Kier molecular flexibility index (Phi) is 18.2. The molecule has 9 N–H and O–H groups in total. The van der Waals surface area contributed by atoms with Gasteiger partial charge in [0.2, 0.25) is 11.9 Å². The van der Waals surface area contributed by atoms with Crippen LogP contribution in [0.3, 0.4) is 0 Å². The molecule has 2 aromatic carbocycles. The highest BCUT2D eigenvalue weighted by molar-refractivity contribution is 6.06. The van der Waals surface area contributed by atoms with E-state index in [1.165, 1.54) is 6.20 Å². The third kappa shape index (κ3) is 15.1. The number of H-pyrrole nitrogens is 1. The monoisotopic (exact) mass is 963 g/mol. The predicted molar refractivity (Wildman–Crippen MR) is 272 cm³/mol. The van der Waals surface area contributed by atoms with Gasteiger partial charge in [-0.25, -0.2) is 19.9 Å². The Morgan fingerprint density at radius 2 is 1.71 bits per heavy atom. The molecule has 0 aliphatic rings. The van der Waals surface area contributed by atoms with E-state index < -0.39 is 29.1 Å². The van der Waals surface area contributed by atoms with E-state index in [-0.39, 0.29) is 47.3 Å². The number of aryl methyl sites for hydroxylation is 1. The van der Waals surface area contributed by atoms with Gasteiger partial charge in [0.15, 0.2) is 17.0 Å². The molecule has 0 fully saturated rings. The van der Waals surface area contributed by atoms with Crippen LogP contribution in [0, 0.1) is 11.3 Å². The Labute approximate surface area is 408 Å². The van der Waals surface area contributed by atoms with Crippen molar-refractivity contribution in [2.45, 2.75) is 130 Å². The summed E-state index contributed by atoms with van der Waals surface area (Å²) in [7, 11) is 0. The van der Waals surface area contributed by atoms with Gasteiger partial charge in [0, 0.05) is 67.2 Å². The lowest BCUT2D eigenvalue weighted by Crippen LogP contribution is -2.36. The van der Waals surface area contributed by atoms with Gasteiger partial charge in [-0.05, 0) is 88.6 Å². The number of nitrogens with one attached hydrogen (secondary N) is 4. The quantitative estimate of drug-likeness (QED) is 0.0245. The van der Waals surface area contributed by atoms with Gasteiger partial charge < -0.3 is 46.6 Å². The molecule has 2 amide bonds. The number of nitrogens with zero attached hydrogens (tertiary/aromatic N) is 6. The zero-order chi connectivity index (χ0) is 50.4. The molecule has 0 saturated heterocycles. The first-order chi connectivity index (χ1) is 33.4. The second-order valence-corrected chi connectivity index (χ2v) is 19.6. The Morgan fingerprint density at radius 3 is 2.47 bits per heavy atom. The van der Waals surface area contributed by atoms with Gasteiger partial charge in [0.25, 0.3) is 11.5 Å². The zero-order valence-corrected chi connectivity index (χ0v) is 41.4. The molecule has 6 aromatic rings. The highest BCUT2D eigenvalue weighted by atomic mass is 16.5. The van der Waals surface area contributed by atoms with Crippen LogP contribution in [0.4, 0.5) is 17.5 Å². The third-order valence-corrected chi connectivity index (χ3v) is 12.1. The zero-order valence-electron chi connectivity index (χ0n) is 41.4. The summed E-state index contributed by atoms with van der Waals surface area (Å²) in [5, 5.41) is 19.6. The molecule has 6 rings (SSSR count). The number of aromatic nitrogens is 7. The minimum atomic E-state index is -1.02. The number of nitrogens with two attached hydrogens (primary N) is 2. The molecule has 0 saturated carbocycles. The van der Waals surface area contributed by atoms with Crippen molar-refractivity contribution in [1.29, 1.82) is 0 Å².